The van der Waals surface area contributed by atoms with E-state index in [1.165, 1.54) is 23.0 Å². The summed E-state index contributed by atoms with van der Waals surface area (Å²) in [5.41, 5.74) is 6.06. The summed E-state index contributed by atoms with van der Waals surface area (Å²) >= 11 is 0. The van der Waals surface area contributed by atoms with Gasteiger partial charge in [0.05, 0.1) is 11.9 Å². The van der Waals surface area contributed by atoms with Gasteiger partial charge in [0.15, 0.2) is 0 Å². The van der Waals surface area contributed by atoms with Crippen LogP contribution < -0.4 is 5.73 Å². The highest BCUT2D eigenvalue weighted by atomic mass is 16.4. The summed E-state index contributed by atoms with van der Waals surface area (Å²) in [5, 5.41) is 21.9. The van der Waals surface area contributed by atoms with E-state index in [1.54, 1.807) is 12.1 Å². The van der Waals surface area contributed by atoms with Crippen molar-refractivity contribution in [2.24, 2.45) is 0 Å². The van der Waals surface area contributed by atoms with Crippen molar-refractivity contribution in [3.63, 3.8) is 0 Å². The highest BCUT2D eigenvalue weighted by Gasteiger charge is 2.14. The number of phenolic OH excluding ortho intramolecular Hbond substituents is 1. The lowest BCUT2D eigenvalue weighted by molar-refractivity contribution is 0.0698. The molecule has 6 nitrogen and oxygen atoms in total. The zero-order chi connectivity index (χ0) is 11.7. The number of rotatable bonds is 2. The molecule has 16 heavy (non-hydrogen) atoms. The zero-order valence-electron chi connectivity index (χ0n) is 8.16. The Morgan fingerprint density at radius 2 is 2.19 bits per heavy atom. The number of carboxylic acids is 1. The Bertz CT molecular complexity index is 548. The third-order valence-electron chi connectivity index (χ3n) is 2.11. The molecule has 0 atom stereocenters. The Kier molecular flexibility index (Phi) is 2.24. The van der Waals surface area contributed by atoms with Crippen LogP contribution in [0.15, 0.2) is 30.5 Å². The Morgan fingerprint density at radius 3 is 2.75 bits per heavy atom. The second kappa shape index (κ2) is 3.58. The molecule has 6 heteroatoms. The number of carboxylic acid groups (broad SMARTS) is 1. The largest absolute Gasteiger partial charge is 0.508 e. The van der Waals surface area contributed by atoms with Gasteiger partial charge in [-0.25, -0.2) is 9.48 Å². The molecule has 0 bridgehead atoms. The van der Waals surface area contributed by atoms with E-state index in [4.69, 9.17) is 10.8 Å². The van der Waals surface area contributed by atoms with E-state index >= 15 is 0 Å². The fraction of sp³-hybridized carbons (Fsp3) is 0. The van der Waals surface area contributed by atoms with Crippen LogP contribution in [0.4, 0.5) is 5.82 Å². The van der Waals surface area contributed by atoms with Crippen LogP contribution in [0.25, 0.3) is 5.69 Å². The smallest absolute Gasteiger partial charge is 0.341 e. The van der Waals surface area contributed by atoms with E-state index in [2.05, 4.69) is 5.10 Å². The van der Waals surface area contributed by atoms with Crippen LogP contribution in [0.1, 0.15) is 10.4 Å². The molecule has 2 aromatic rings. The fourth-order valence-electron chi connectivity index (χ4n) is 1.35. The van der Waals surface area contributed by atoms with E-state index < -0.39 is 5.97 Å². The molecule has 4 N–H and O–H groups in total. The highest BCUT2D eigenvalue weighted by Crippen LogP contribution is 2.19. The summed E-state index contributed by atoms with van der Waals surface area (Å²) in [5.74, 6) is -1.05. The van der Waals surface area contributed by atoms with Crippen molar-refractivity contribution >= 4 is 11.8 Å². The first-order valence-electron chi connectivity index (χ1n) is 4.46. The molecular weight excluding hydrogens is 210 g/mol. The average molecular weight is 219 g/mol. The second-order valence-corrected chi connectivity index (χ2v) is 3.18. The summed E-state index contributed by atoms with van der Waals surface area (Å²) < 4.78 is 1.25. The van der Waals surface area contributed by atoms with Gasteiger partial charge in [0.1, 0.15) is 17.1 Å². The maximum Gasteiger partial charge on any atom is 0.341 e. The third kappa shape index (κ3) is 1.56. The van der Waals surface area contributed by atoms with Gasteiger partial charge in [-0.2, -0.15) is 5.10 Å². The van der Waals surface area contributed by atoms with Crippen molar-refractivity contribution in [1.82, 2.24) is 9.78 Å². The van der Waals surface area contributed by atoms with Crippen LogP contribution in [0.3, 0.4) is 0 Å². The second-order valence-electron chi connectivity index (χ2n) is 3.18. The molecule has 0 aliphatic carbocycles. The van der Waals surface area contributed by atoms with Crippen LogP contribution in [0, 0.1) is 0 Å². The van der Waals surface area contributed by atoms with E-state index in [1.807, 2.05) is 0 Å². The van der Waals surface area contributed by atoms with Crippen molar-refractivity contribution < 1.29 is 15.0 Å². The van der Waals surface area contributed by atoms with E-state index in [0.717, 1.165) is 0 Å². The number of nitrogen functional groups attached to an aromatic ring is 1. The van der Waals surface area contributed by atoms with Crippen molar-refractivity contribution in [1.29, 1.82) is 0 Å². The van der Waals surface area contributed by atoms with E-state index in [-0.39, 0.29) is 17.1 Å². The number of anilines is 1. The van der Waals surface area contributed by atoms with Crippen LogP contribution >= 0.6 is 0 Å². The summed E-state index contributed by atoms with van der Waals surface area (Å²) in [6.07, 6.45) is 1.17. The molecule has 1 heterocycles. The van der Waals surface area contributed by atoms with Crippen molar-refractivity contribution in [3.05, 3.63) is 36.0 Å². The maximum atomic E-state index is 10.8. The van der Waals surface area contributed by atoms with Gasteiger partial charge in [0, 0.05) is 6.07 Å². The number of carbonyl (C=O) groups is 1. The van der Waals surface area contributed by atoms with Crippen LogP contribution in [0.5, 0.6) is 5.75 Å². The van der Waals surface area contributed by atoms with Gasteiger partial charge in [0.25, 0.3) is 0 Å². The van der Waals surface area contributed by atoms with Crippen molar-refractivity contribution in [2.75, 3.05) is 5.73 Å². The minimum Gasteiger partial charge on any atom is -0.508 e. The van der Waals surface area contributed by atoms with Gasteiger partial charge in [-0.15, -0.1) is 0 Å². The summed E-state index contributed by atoms with van der Waals surface area (Å²) in [6.45, 7) is 0. The van der Waals surface area contributed by atoms with Crippen LogP contribution in [0.2, 0.25) is 0 Å². The number of hydrogen-bond donors (Lipinski definition) is 3. The molecule has 1 aromatic carbocycles. The maximum absolute atomic E-state index is 10.8. The van der Waals surface area contributed by atoms with Crippen LogP contribution in [-0.4, -0.2) is 26.0 Å². The number of aromatic carboxylic acids is 1. The molecule has 0 radical (unpaired) electrons. The number of nitrogens with zero attached hydrogens (tertiary/aromatic N) is 2. The first-order chi connectivity index (χ1) is 7.59. The first-order valence-corrected chi connectivity index (χ1v) is 4.46. The Morgan fingerprint density at radius 1 is 1.44 bits per heavy atom. The van der Waals surface area contributed by atoms with E-state index in [9.17, 15) is 9.90 Å². The van der Waals surface area contributed by atoms with Gasteiger partial charge in [0.2, 0.25) is 0 Å². The lowest BCUT2D eigenvalue weighted by Gasteiger charge is -2.04. The molecule has 0 spiro atoms. The molecule has 0 unspecified atom stereocenters. The lowest BCUT2D eigenvalue weighted by Crippen LogP contribution is -2.05. The molecule has 0 amide bonds. The van der Waals surface area contributed by atoms with Gasteiger partial charge in [-0.3, -0.25) is 0 Å². The standard InChI is InChI=1S/C10H9N3O3/c11-9-8(10(15)16)5-12-13(9)6-2-1-3-7(14)4-6/h1-5,14H,11H2,(H,15,16). The molecular formula is C10H9N3O3. The Hall–Kier alpha value is -2.50. The zero-order valence-corrected chi connectivity index (χ0v) is 8.16. The van der Waals surface area contributed by atoms with Gasteiger partial charge in [-0.05, 0) is 12.1 Å². The Labute approximate surface area is 90.6 Å². The molecule has 82 valence electrons. The molecule has 0 aliphatic heterocycles. The predicted molar refractivity (Wildman–Crippen MR) is 56.6 cm³/mol. The third-order valence-corrected chi connectivity index (χ3v) is 2.11. The fourth-order valence-corrected chi connectivity index (χ4v) is 1.35. The lowest BCUT2D eigenvalue weighted by atomic mass is 10.3. The summed E-state index contributed by atoms with van der Waals surface area (Å²) in [6, 6.07) is 6.22. The predicted octanol–water partition coefficient (Wildman–Crippen LogP) is 0.858. The SMILES string of the molecule is Nc1c(C(=O)O)cnn1-c1cccc(O)c1. The minimum absolute atomic E-state index is 0.0260. The minimum atomic E-state index is -1.14. The number of phenols is 1. The topological polar surface area (TPSA) is 101 Å². The van der Waals surface area contributed by atoms with E-state index in [0.29, 0.717) is 5.69 Å². The summed E-state index contributed by atoms with van der Waals surface area (Å²) in [7, 11) is 0. The number of nitrogens with two attached hydrogens (primary N) is 1. The molecule has 0 fully saturated rings. The number of aromatic hydroxyl groups is 1. The number of hydrogen-bond acceptors (Lipinski definition) is 4. The van der Waals surface area contributed by atoms with Crippen LogP contribution in [-0.2, 0) is 0 Å². The monoisotopic (exact) mass is 219 g/mol. The van der Waals surface area contributed by atoms with Gasteiger partial charge < -0.3 is 15.9 Å². The van der Waals surface area contributed by atoms with Gasteiger partial charge in [-0.1, -0.05) is 6.07 Å². The Balaban J connectivity index is 2.53. The number of benzene rings is 1. The average Bonchev–Trinajstić information content (AvgIpc) is 2.60. The van der Waals surface area contributed by atoms with Gasteiger partial charge >= 0.3 is 5.97 Å². The molecule has 1 aromatic heterocycles. The quantitative estimate of drug-likeness (QED) is 0.695. The normalized spacial score (nSPS) is 10.2. The molecule has 0 aliphatic rings. The first kappa shape index (κ1) is 10.0. The number of aromatic nitrogens is 2. The molecule has 0 saturated heterocycles. The molecule has 0 saturated carbocycles. The molecule has 2 rings (SSSR count). The van der Waals surface area contributed by atoms with Crippen molar-refractivity contribution in [2.45, 2.75) is 0 Å². The highest BCUT2D eigenvalue weighted by molar-refractivity contribution is 5.92. The van der Waals surface area contributed by atoms with Crippen molar-refractivity contribution in [3.8, 4) is 11.4 Å². The summed E-state index contributed by atoms with van der Waals surface area (Å²) in [4.78, 5) is 10.8.